The number of rotatable bonds is 2. The molecule has 2 bridgehead atoms. The topological polar surface area (TPSA) is 80.5 Å². The molecule has 0 spiro atoms. The summed E-state index contributed by atoms with van der Waals surface area (Å²) in [4.78, 5) is 39.6. The standard InChI is InChI=1S/C25H18N2O4/c1-25-21-18-11-4-2-9-16(18)20(17-10-3-5-12-19(17)21)22(25)23(28)26(24(25)29)14-7-6-8-15(13-14)27(30)31/h2-13,20-22H,1H3/t20?,21?,22-,25-/m1/s1. The third kappa shape index (κ3) is 2.06. The van der Waals surface area contributed by atoms with E-state index in [4.69, 9.17) is 0 Å². The van der Waals surface area contributed by atoms with Gasteiger partial charge in [-0.15, -0.1) is 0 Å². The van der Waals surface area contributed by atoms with Crippen LogP contribution in [0.1, 0.15) is 41.0 Å². The lowest BCUT2D eigenvalue weighted by Gasteiger charge is -2.51. The molecule has 0 radical (unpaired) electrons. The van der Waals surface area contributed by atoms with Gasteiger partial charge in [-0.3, -0.25) is 19.7 Å². The molecule has 6 nitrogen and oxygen atoms in total. The Balaban J connectivity index is 1.59. The van der Waals surface area contributed by atoms with Gasteiger partial charge < -0.3 is 0 Å². The number of imide groups is 1. The molecule has 0 aromatic heterocycles. The van der Waals surface area contributed by atoms with Gasteiger partial charge in [0.25, 0.3) is 5.69 Å². The molecule has 3 aliphatic carbocycles. The maximum absolute atomic E-state index is 13.9. The van der Waals surface area contributed by atoms with Gasteiger partial charge in [0, 0.05) is 24.0 Å². The lowest BCUT2D eigenvalue weighted by atomic mass is 9.48. The first-order chi connectivity index (χ1) is 14.9. The van der Waals surface area contributed by atoms with Gasteiger partial charge >= 0.3 is 0 Å². The number of hydrogen-bond acceptors (Lipinski definition) is 4. The quantitative estimate of drug-likeness (QED) is 0.357. The van der Waals surface area contributed by atoms with Crippen molar-refractivity contribution in [2.24, 2.45) is 11.3 Å². The van der Waals surface area contributed by atoms with Crippen molar-refractivity contribution in [2.45, 2.75) is 18.8 Å². The van der Waals surface area contributed by atoms with E-state index in [1.54, 1.807) is 6.07 Å². The van der Waals surface area contributed by atoms with Crippen LogP contribution in [0.2, 0.25) is 0 Å². The first-order valence-electron chi connectivity index (χ1n) is 10.2. The van der Waals surface area contributed by atoms with Crippen LogP contribution < -0.4 is 4.90 Å². The van der Waals surface area contributed by atoms with Gasteiger partial charge in [0.1, 0.15) is 0 Å². The Bertz CT molecular complexity index is 1270. The number of carbonyl (C=O) groups is 2. The number of nitrogens with zero attached hydrogens (tertiary/aromatic N) is 2. The highest BCUT2D eigenvalue weighted by Gasteiger charge is 2.68. The zero-order valence-electron chi connectivity index (χ0n) is 16.7. The van der Waals surface area contributed by atoms with E-state index < -0.39 is 16.3 Å². The van der Waals surface area contributed by atoms with E-state index in [9.17, 15) is 19.7 Å². The van der Waals surface area contributed by atoms with Crippen molar-refractivity contribution < 1.29 is 14.5 Å². The lowest BCUT2D eigenvalue weighted by Crippen LogP contribution is -2.49. The van der Waals surface area contributed by atoms with E-state index >= 15 is 0 Å². The van der Waals surface area contributed by atoms with Gasteiger partial charge in [0.15, 0.2) is 0 Å². The van der Waals surface area contributed by atoms with Crippen LogP contribution in [-0.2, 0) is 9.59 Å². The molecule has 152 valence electrons. The van der Waals surface area contributed by atoms with Crippen LogP contribution in [0.15, 0.2) is 72.8 Å². The number of benzene rings is 3. The highest BCUT2D eigenvalue weighted by molar-refractivity contribution is 6.25. The number of amides is 2. The fraction of sp³-hybridized carbons (Fsp3) is 0.200. The normalized spacial score (nSPS) is 27.6. The highest BCUT2D eigenvalue weighted by atomic mass is 16.6. The third-order valence-corrected chi connectivity index (χ3v) is 7.31. The van der Waals surface area contributed by atoms with E-state index in [-0.39, 0.29) is 35.0 Å². The van der Waals surface area contributed by atoms with Crippen molar-refractivity contribution in [2.75, 3.05) is 4.90 Å². The van der Waals surface area contributed by atoms with Crippen LogP contribution in [0.3, 0.4) is 0 Å². The molecule has 0 saturated carbocycles. The Morgan fingerprint density at radius 3 is 2.03 bits per heavy atom. The van der Waals surface area contributed by atoms with Gasteiger partial charge in [0.05, 0.1) is 21.9 Å². The molecule has 3 aromatic rings. The minimum atomic E-state index is -0.949. The summed E-state index contributed by atoms with van der Waals surface area (Å²) in [5.74, 6) is -1.58. The number of carbonyl (C=O) groups excluding carboxylic acids is 2. The molecule has 1 aliphatic heterocycles. The Morgan fingerprint density at radius 1 is 0.871 bits per heavy atom. The Morgan fingerprint density at radius 2 is 1.45 bits per heavy atom. The molecule has 0 unspecified atom stereocenters. The predicted octanol–water partition coefficient (Wildman–Crippen LogP) is 4.38. The van der Waals surface area contributed by atoms with Gasteiger partial charge in [-0.05, 0) is 35.2 Å². The van der Waals surface area contributed by atoms with Crippen LogP contribution in [0.4, 0.5) is 11.4 Å². The van der Waals surface area contributed by atoms with Gasteiger partial charge in [-0.25, -0.2) is 4.90 Å². The van der Waals surface area contributed by atoms with E-state index in [0.717, 1.165) is 22.3 Å². The largest absolute Gasteiger partial charge is 0.274 e. The molecule has 1 fully saturated rings. The zero-order chi connectivity index (χ0) is 21.5. The highest BCUT2D eigenvalue weighted by Crippen LogP contribution is 2.67. The monoisotopic (exact) mass is 410 g/mol. The van der Waals surface area contributed by atoms with Gasteiger partial charge in [-0.2, -0.15) is 0 Å². The number of hydrogen-bond donors (Lipinski definition) is 0. The number of nitro benzene ring substituents is 1. The summed E-state index contributed by atoms with van der Waals surface area (Å²) >= 11 is 0. The number of nitro groups is 1. The third-order valence-electron chi connectivity index (χ3n) is 7.31. The van der Waals surface area contributed by atoms with Crippen LogP contribution >= 0.6 is 0 Å². The zero-order valence-corrected chi connectivity index (χ0v) is 16.7. The van der Waals surface area contributed by atoms with Crippen molar-refractivity contribution in [1.29, 1.82) is 0 Å². The Hall–Kier alpha value is -3.80. The second kappa shape index (κ2) is 5.88. The summed E-state index contributed by atoms with van der Waals surface area (Å²) in [5.41, 5.74) is 3.53. The number of anilines is 1. The van der Waals surface area contributed by atoms with Crippen molar-refractivity contribution in [3.63, 3.8) is 0 Å². The van der Waals surface area contributed by atoms with Crippen LogP contribution in [0, 0.1) is 21.4 Å². The van der Waals surface area contributed by atoms with Crippen molar-refractivity contribution in [3.05, 3.63) is 105 Å². The smallest absolute Gasteiger partial charge is 0.271 e. The molecule has 4 aliphatic rings. The molecule has 3 aromatic carbocycles. The van der Waals surface area contributed by atoms with Crippen LogP contribution in [0.5, 0.6) is 0 Å². The molecular weight excluding hydrogens is 392 g/mol. The SMILES string of the molecule is C[C@]12C(=O)N(c3cccc([N+](=O)[O-])c3)C(=O)[C@H]1C1c3ccccc3C2c2ccccc21. The van der Waals surface area contributed by atoms with Gasteiger partial charge in [-0.1, -0.05) is 54.6 Å². The molecule has 7 rings (SSSR count). The summed E-state index contributed by atoms with van der Waals surface area (Å²) in [5, 5.41) is 11.3. The average Bonchev–Trinajstić information content (AvgIpc) is 2.99. The van der Waals surface area contributed by atoms with E-state index in [2.05, 4.69) is 24.3 Å². The van der Waals surface area contributed by atoms with Crippen LogP contribution in [0.25, 0.3) is 0 Å². The van der Waals surface area contributed by atoms with E-state index in [1.807, 2.05) is 31.2 Å². The summed E-state index contributed by atoms with van der Waals surface area (Å²) < 4.78 is 0. The predicted molar refractivity (Wildman–Crippen MR) is 114 cm³/mol. The molecule has 31 heavy (non-hydrogen) atoms. The second-order valence-corrected chi connectivity index (χ2v) is 8.68. The summed E-state index contributed by atoms with van der Waals surface area (Å²) in [6.45, 7) is 1.89. The first-order valence-corrected chi connectivity index (χ1v) is 10.2. The fourth-order valence-corrected chi connectivity index (χ4v) is 6.11. The summed E-state index contributed by atoms with van der Waals surface area (Å²) in [6, 6.07) is 21.9. The van der Waals surface area contributed by atoms with E-state index in [1.165, 1.54) is 23.1 Å². The van der Waals surface area contributed by atoms with Crippen molar-refractivity contribution >= 4 is 23.2 Å². The molecular formula is C25H18N2O4. The number of non-ortho nitro benzene ring substituents is 1. The lowest BCUT2D eigenvalue weighted by molar-refractivity contribution is -0.384. The maximum atomic E-state index is 13.9. The summed E-state index contributed by atoms with van der Waals surface area (Å²) in [6.07, 6.45) is 0. The first kappa shape index (κ1) is 18.0. The Labute approximate surface area is 178 Å². The average molecular weight is 410 g/mol. The molecule has 2 atom stereocenters. The maximum Gasteiger partial charge on any atom is 0.271 e. The minimum absolute atomic E-state index is 0.146. The van der Waals surface area contributed by atoms with Crippen molar-refractivity contribution in [3.8, 4) is 0 Å². The molecule has 2 amide bonds. The fourth-order valence-electron chi connectivity index (χ4n) is 6.11. The molecule has 1 heterocycles. The summed E-state index contributed by atoms with van der Waals surface area (Å²) in [7, 11) is 0. The molecule has 1 saturated heterocycles. The van der Waals surface area contributed by atoms with Crippen LogP contribution in [-0.4, -0.2) is 16.7 Å². The Kier molecular flexibility index (Phi) is 3.41. The molecule has 0 N–H and O–H groups in total. The molecule has 6 heteroatoms. The second-order valence-electron chi connectivity index (χ2n) is 8.68. The minimum Gasteiger partial charge on any atom is -0.274 e. The van der Waals surface area contributed by atoms with Crippen molar-refractivity contribution in [1.82, 2.24) is 0 Å². The van der Waals surface area contributed by atoms with Gasteiger partial charge in [0.2, 0.25) is 11.8 Å². The van der Waals surface area contributed by atoms with E-state index in [0.29, 0.717) is 0 Å².